The number of piperazine rings is 1. The molecule has 0 radical (unpaired) electrons. The lowest BCUT2D eigenvalue weighted by atomic mass is 9.96. The third kappa shape index (κ3) is 4.49. The molecule has 2 fully saturated rings. The Morgan fingerprint density at radius 1 is 1.27 bits per heavy atom. The molecule has 2 aromatic rings. The molecule has 1 saturated carbocycles. The van der Waals surface area contributed by atoms with Crippen molar-refractivity contribution < 1.29 is 17.3 Å². The molecule has 1 saturated heterocycles. The van der Waals surface area contributed by atoms with Gasteiger partial charge < -0.3 is 14.7 Å². The van der Waals surface area contributed by atoms with Crippen LogP contribution in [0, 0.1) is 5.82 Å². The fourth-order valence-electron chi connectivity index (χ4n) is 3.89. The van der Waals surface area contributed by atoms with E-state index in [1.807, 2.05) is 6.07 Å². The largest absolute Gasteiger partial charge is 0.364 e. The number of rotatable bonds is 6. The highest BCUT2D eigenvalue weighted by molar-refractivity contribution is 7.88. The summed E-state index contributed by atoms with van der Waals surface area (Å²) in [7, 11) is -1.72. The Balaban J connectivity index is 1.32. The molecule has 2 heterocycles. The standard InChI is InChI=1S/C20H26FN5O3S/c1-22-19(23-15-20(6-7-20)16-3-2-4-17(21)13-16)25-8-10-26(11-9-25)30(27,28)14-18-5-12-29-24-18/h2-5,12-13H,6-11,14-15H2,1H3,(H,22,23). The molecule has 0 bridgehead atoms. The molecule has 0 atom stereocenters. The minimum atomic E-state index is -3.44. The fraction of sp³-hybridized carbons (Fsp3) is 0.500. The van der Waals surface area contributed by atoms with E-state index in [0.29, 0.717) is 38.4 Å². The van der Waals surface area contributed by atoms with Crippen LogP contribution >= 0.6 is 0 Å². The lowest BCUT2D eigenvalue weighted by molar-refractivity contribution is 0.259. The molecule has 0 unspecified atom stereocenters. The van der Waals surface area contributed by atoms with Crippen molar-refractivity contribution in [1.82, 2.24) is 19.7 Å². The van der Waals surface area contributed by atoms with Gasteiger partial charge in [0.2, 0.25) is 10.0 Å². The second-order valence-electron chi connectivity index (χ2n) is 7.82. The predicted molar refractivity (Wildman–Crippen MR) is 111 cm³/mol. The predicted octanol–water partition coefficient (Wildman–Crippen LogP) is 1.57. The Labute approximate surface area is 175 Å². The van der Waals surface area contributed by atoms with Crippen LogP contribution in [-0.2, 0) is 21.2 Å². The Hall–Kier alpha value is -2.46. The molecule has 0 amide bonds. The van der Waals surface area contributed by atoms with Crippen LogP contribution in [0.1, 0.15) is 24.1 Å². The molecule has 1 aliphatic heterocycles. The zero-order chi connectivity index (χ0) is 21.2. The molecule has 4 rings (SSSR count). The average molecular weight is 436 g/mol. The van der Waals surface area contributed by atoms with E-state index in [4.69, 9.17) is 4.52 Å². The number of aromatic nitrogens is 1. The third-order valence-electron chi connectivity index (χ3n) is 5.84. The van der Waals surface area contributed by atoms with E-state index in [2.05, 4.69) is 20.4 Å². The fourth-order valence-corrected chi connectivity index (χ4v) is 5.31. The van der Waals surface area contributed by atoms with Gasteiger partial charge in [0.05, 0.1) is 5.69 Å². The van der Waals surface area contributed by atoms with Crippen LogP contribution in [-0.4, -0.2) is 68.5 Å². The first-order valence-corrected chi connectivity index (χ1v) is 11.6. The zero-order valence-electron chi connectivity index (χ0n) is 16.9. The van der Waals surface area contributed by atoms with E-state index < -0.39 is 10.0 Å². The Morgan fingerprint density at radius 3 is 2.63 bits per heavy atom. The summed E-state index contributed by atoms with van der Waals surface area (Å²) in [5.74, 6) is 0.365. The topological polar surface area (TPSA) is 91.0 Å². The van der Waals surface area contributed by atoms with Crippen LogP contribution in [0.2, 0.25) is 0 Å². The van der Waals surface area contributed by atoms with Gasteiger partial charge in [0.1, 0.15) is 17.8 Å². The number of benzene rings is 1. The van der Waals surface area contributed by atoms with Crippen molar-refractivity contribution in [2.45, 2.75) is 24.0 Å². The van der Waals surface area contributed by atoms with E-state index in [1.165, 1.54) is 16.6 Å². The summed E-state index contributed by atoms with van der Waals surface area (Å²) in [4.78, 5) is 6.43. The molecule has 8 nitrogen and oxygen atoms in total. The van der Waals surface area contributed by atoms with Crippen molar-refractivity contribution in [3.8, 4) is 0 Å². The quantitative estimate of drug-likeness (QED) is 0.547. The summed E-state index contributed by atoms with van der Waals surface area (Å²) in [6.45, 7) is 2.54. The first kappa shape index (κ1) is 20.8. The number of nitrogens with zero attached hydrogens (tertiary/aromatic N) is 4. The van der Waals surface area contributed by atoms with Gasteiger partial charge in [-0.05, 0) is 30.5 Å². The highest BCUT2D eigenvalue weighted by Crippen LogP contribution is 2.47. The highest BCUT2D eigenvalue weighted by Gasteiger charge is 2.44. The molecule has 1 aromatic heterocycles. The molecule has 2 aliphatic rings. The minimum Gasteiger partial charge on any atom is -0.364 e. The van der Waals surface area contributed by atoms with E-state index in [0.717, 1.165) is 24.4 Å². The van der Waals surface area contributed by atoms with Gasteiger partial charge in [0.15, 0.2) is 5.96 Å². The third-order valence-corrected chi connectivity index (χ3v) is 7.65. The van der Waals surface area contributed by atoms with Crippen molar-refractivity contribution in [1.29, 1.82) is 0 Å². The van der Waals surface area contributed by atoms with Crippen LogP contribution in [0.15, 0.2) is 46.1 Å². The van der Waals surface area contributed by atoms with Crippen molar-refractivity contribution in [2.24, 2.45) is 4.99 Å². The van der Waals surface area contributed by atoms with Gasteiger partial charge in [0, 0.05) is 51.3 Å². The smallest absolute Gasteiger partial charge is 0.220 e. The van der Waals surface area contributed by atoms with Crippen molar-refractivity contribution in [2.75, 3.05) is 39.8 Å². The zero-order valence-corrected chi connectivity index (χ0v) is 17.7. The van der Waals surface area contributed by atoms with Gasteiger partial charge in [-0.2, -0.15) is 4.31 Å². The first-order valence-electron chi connectivity index (χ1n) is 10.0. The van der Waals surface area contributed by atoms with E-state index in [1.54, 1.807) is 25.2 Å². The van der Waals surface area contributed by atoms with Gasteiger partial charge in [-0.15, -0.1) is 0 Å². The number of halogens is 1. The van der Waals surface area contributed by atoms with Crippen LogP contribution in [0.25, 0.3) is 0 Å². The number of sulfonamides is 1. The number of hydrogen-bond donors (Lipinski definition) is 1. The number of nitrogens with one attached hydrogen (secondary N) is 1. The summed E-state index contributed by atoms with van der Waals surface area (Å²) in [6, 6.07) is 8.35. The summed E-state index contributed by atoms with van der Waals surface area (Å²) < 4.78 is 45.0. The first-order chi connectivity index (χ1) is 14.4. The normalized spacial score (nSPS) is 19.7. The molecular formula is C20H26FN5O3S. The lowest BCUT2D eigenvalue weighted by Gasteiger charge is -2.36. The van der Waals surface area contributed by atoms with Crippen LogP contribution in [0.3, 0.4) is 0 Å². The van der Waals surface area contributed by atoms with Crippen molar-refractivity contribution >= 4 is 16.0 Å². The van der Waals surface area contributed by atoms with Crippen LogP contribution in [0.5, 0.6) is 0 Å². The molecule has 1 aliphatic carbocycles. The van der Waals surface area contributed by atoms with Crippen molar-refractivity contribution in [3.05, 3.63) is 53.7 Å². The molecule has 10 heteroatoms. The van der Waals surface area contributed by atoms with Gasteiger partial charge >= 0.3 is 0 Å². The Kier molecular flexibility index (Phi) is 5.79. The summed E-state index contributed by atoms with van der Waals surface area (Å²) >= 11 is 0. The maximum absolute atomic E-state index is 13.6. The van der Waals surface area contributed by atoms with E-state index in [-0.39, 0.29) is 17.0 Å². The molecule has 0 spiro atoms. The number of guanidine groups is 1. The Morgan fingerprint density at radius 2 is 2.03 bits per heavy atom. The summed E-state index contributed by atoms with van der Waals surface area (Å²) in [5, 5.41) is 7.11. The minimum absolute atomic E-state index is 0.0548. The van der Waals surface area contributed by atoms with Gasteiger partial charge in [-0.1, -0.05) is 17.3 Å². The molecular weight excluding hydrogens is 409 g/mol. The van der Waals surface area contributed by atoms with Crippen LogP contribution in [0.4, 0.5) is 4.39 Å². The summed E-state index contributed by atoms with van der Waals surface area (Å²) in [6.07, 6.45) is 3.39. The van der Waals surface area contributed by atoms with Crippen molar-refractivity contribution in [3.63, 3.8) is 0 Å². The van der Waals surface area contributed by atoms with Gasteiger partial charge in [-0.3, -0.25) is 4.99 Å². The van der Waals surface area contributed by atoms with E-state index in [9.17, 15) is 12.8 Å². The van der Waals surface area contributed by atoms with Crippen LogP contribution < -0.4 is 5.32 Å². The maximum Gasteiger partial charge on any atom is 0.220 e. The maximum atomic E-state index is 13.6. The number of hydrogen-bond acceptors (Lipinski definition) is 5. The molecule has 30 heavy (non-hydrogen) atoms. The summed E-state index contributed by atoms with van der Waals surface area (Å²) in [5.41, 5.74) is 1.36. The Bertz CT molecular complexity index is 997. The van der Waals surface area contributed by atoms with Gasteiger partial charge in [-0.25, -0.2) is 12.8 Å². The molecule has 1 N–H and O–H groups in total. The highest BCUT2D eigenvalue weighted by atomic mass is 32.2. The number of aliphatic imine (C=N–C) groups is 1. The second-order valence-corrected chi connectivity index (χ2v) is 9.79. The molecule has 162 valence electrons. The van der Waals surface area contributed by atoms with E-state index >= 15 is 0 Å². The lowest BCUT2D eigenvalue weighted by Crippen LogP contribution is -2.54. The van der Waals surface area contributed by atoms with Gasteiger partial charge in [0.25, 0.3) is 0 Å². The SMILES string of the molecule is CN=C(NCC1(c2cccc(F)c2)CC1)N1CCN(S(=O)(=O)Cc2ccon2)CC1. The average Bonchev–Trinajstić information content (AvgIpc) is 3.37. The second kappa shape index (κ2) is 8.35. The molecule has 1 aromatic carbocycles. The monoisotopic (exact) mass is 435 g/mol.